The summed E-state index contributed by atoms with van der Waals surface area (Å²) in [5.74, 6) is 0. The van der Waals surface area contributed by atoms with Gasteiger partial charge >= 0.3 is 189 Å². The number of nitroso groups, excluding NO2 is 1. The summed E-state index contributed by atoms with van der Waals surface area (Å²) in [7, 11) is -6.40. The van der Waals surface area contributed by atoms with Crippen LogP contribution >= 0.6 is 0 Å². The maximum Gasteiger partial charge on any atom is 1.00 e. The Morgan fingerprint density at radius 3 is 0.824 bits per heavy atom. The van der Waals surface area contributed by atoms with Crippen LogP contribution in [0.25, 0.3) is 0 Å². The van der Waals surface area contributed by atoms with Crippen molar-refractivity contribution in [1.82, 2.24) is 0 Å². The van der Waals surface area contributed by atoms with E-state index in [1.54, 1.807) is 0 Å². The van der Waals surface area contributed by atoms with Gasteiger partial charge in [-0.15, -0.1) is 0 Å². The number of nitriles is 5. The van der Waals surface area contributed by atoms with Crippen LogP contribution in [0.5, 0.6) is 0 Å². The third kappa shape index (κ3) is 4.27. The summed E-state index contributed by atoms with van der Waals surface area (Å²) in [6.07, 6.45) is 0. The maximum absolute atomic E-state index is 10.3. The molecule has 0 aliphatic carbocycles. The van der Waals surface area contributed by atoms with E-state index in [-0.39, 0.29) is 118 Å². The molecule has 17 heavy (non-hydrogen) atoms. The average molecular weight is 308 g/mol. The third-order valence-corrected chi connectivity index (χ3v) is 4.65. The topological polar surface area (TPSA) is 148 Å². The fourth-order valence-electron chi connectivity index (χ4n) is 0.249. The molecule has 0 heterocycles. The van der Waals surface area contributed by atoms with Crippen molar-refractivity contribution in [3.8, 4) is 24.8 Å². The van der Waals surface area contributed by atoms with Gasteiger partial charge in [0.1, 0.15) is 0 Å². The van der Waals surface area contributed by atoms with Crippen molar-refractivity contribution in [1.29, 1.82) is 26.3 Å². The Hall–Kier alpha value is 1.57. The number of nitrogens with zero attached hydrogens (tertiary/aromatic N) is 6. The van der Waals surface area contributed by atoms with Crippen LogP contribution in [0.15, 0.2) is 4.19 Å². The zero-order chi connectivity index (χ0) is 10.7. The van der Waals surface area contributed by atoms with Crippen molar-refractivity contribution in [2.75, 3.05) is 0 Å². The maximum atomic E-state index is 10.3. The van der Waals surface area contributed by atoms with E-state index in [4.69, 9.17) is 26.3 Å². The molecule has 0 rings (SSSR count). The Kier molecular flexibility index (Phi) is 17.3. The second-order valence-electron chi connectivity index (χ2n) is 1.74. The van der Waals surface area contributed by atoms with Crippen molar-refractivity contribution in [3.63, 3.8) is 0 Å². The number of hydrogen-bond donors (Lipinski definition) is 0. The number of hydrogen-bond acceptors (Lipinski definition) is 7. The minimum atomic E-state index is -6.40. The van der Waals surface area contributed by atoms with Crippen molar-refractivity contribution >= 4 is 0 Å². The average Bonchev–Trinajstić information content (AvgIpc) is 2.26. The fourth-order valence-corrected chi connectivity index (χ4v) is 1.03. The van der Waals surface area contributed by atoms with Gasteiger partial charge in [-0.2, -0.15) is 0 Å². The van der Waals surface area contributed by atoms with Gasteiger partial charge in [0, 0.05) is 0 Å². The van der Waals surface area contributed by atoms with Crippen molar-refractivity contribution in [2.24, 2.45) is 4.19 Å². The van der Waals surface area contributed by atoms with Gasteiger partial charge in [0.25, 0.3) is 0 Å². The zero-order valence-corrected chi connectivity index (χ0v) is 19.0. The summed E-state index contributed by atoms with van der Waals surface area (Å²) in [4.78, 5) is 14.9. The van der Waals surface area contributed by atoms with Gasteiger partial charge in [-0.1, -0.05) is 0 Å². The molecule has 0 amide bonds. The van der Waals surface area contributed by atoms with E-state index in [1.165, 1.54) is 0 Å². The molecule has 0 saturated carbocycles. The van der Waals surface area contributed by atoms with Crippen LogP contribution in [0.4, 0.5) is 0 Å². The fraction of sp³-hybridized carbons (Fsp3) is 0. The first-order chi connectivity index (χ1) is 5.97. The number of rotatable bonds is 1. The van der Waals surface area contributed by atoms with E-state index in [0.29, 0.717) is 0 Å². The van der Waals surface area contributed by atoms with E-state index in [2.05, 4.69) is 0 Å². The third-order valence-electron chi connectivity index (χ3n) is 1.13. The van der Waals surface area contributed by atoms with Gasteiger partial charge in [0.15, 0.2) is 0 Å². The Morgan fingerprint density at radius 2 is 0.824 bits per heavy atom. The minimum absolute atomic E-state index is 0. The van der Waals surface area contributed by atoms with Crippen LogP contribution in [0.1, 0.15) is 0 Å². The summed E-state index contributed by atoms with van der Waals surface area (Å²) in [6.45, 7) is 0. The molecule has 0 aromatic carbocycles. The van der Waals surface area contributed by atoms with Crippen LogP contribution in [0.2, 0.25) is 0 Å². The SMILES string of the molecule is N#[C][Fe-4]([C]#N)([C]#N)([C]#N)([C]#N)[N]=O.[Na+].[Na+].[Na+].[Na+]. The van der Waals surface area contributed by atoms with Crippen LogP contribution < -0.4 is 118 Å². The molecule has 0 radical (unpaired) electrons. The summed E-state index contributed by atoms with van der Waals surface area (Å²) in [5, 5.41) is 42.5. The van der Waals surface area contributed by atoms with E-state index in [0.717, 1.165) is 24.8 Å². The van der Waals surface area contributed by atoms with Crippen LogP contribution in [0.3, 0.4) is 0 Å². The molecule has 0 atom stereocenters. The van der Waals surface area contributed by atoms with Gasteiger partial charge in [0.05, 0.1) is 0 Å². The van der Waals surface area contributed by atoms with Crippen molar-refractivity contribution < 1.29 is 129 Å². The molecule has 7 nitrogen and oxygen atoms in total. The first-order valence-corrected chi connectivity index (χ1v) is 5.60. The molecule has 0 aromatic rings. The molecule has 0 unspecified atom stereocenters. The first kappa shape index (κ1) is 31.1. The summed E-state index contributed by atoms with van der Waals surface area (Å²) in [5.41, 5.74) is 0. The molecular weight excluding hydrogens is 308 g/mol. The minimum Gasteiger partial charge on any atom is 1.00 e. The normalized spacial score (nSPS) is 10.5. The van der Waals surface area contributed by atoms with Gasteiger partial charge in [0.2, 0.25) is 0 Å². The van der Waals surface area contributed by atoms with Gasteiger partial charge in [-0.05, 0) is 0 Å². The molecule has 68 valence electrons. The smallest absolute Gasteiger partial charge is 1.00 e. The van der Waals surface area contributed by atoms with E-state index in [1.807, 2.05) is 4.19 Å². The van der Waals surface area contributed by atoms with Crippen LogP contribution in [0, 0.1) is 56.1 Å². The molecule has 0 bridgehead atoms. The summed E-state index contributed by atoms with van der Waals surface area (Å²) in [6, 6.07) is 0. The van der Waals surface area contributed by atoms with Crippen LogP contribution in [-0.2, 0) is 11.0 Å². The summed E-state index contributed by atoms with van der Waals surface area (Å²) < 4.78 is 1.97. The molecule has 0 fully saturated rings. The molecule has 0 saturated heterocycles. The molecule has 0 aliphatic heterocycles. The second kappa shape index (κ2) is 9.47. The molecular formula is C5FeN6Na4O. The predicted molar refractivity (Wildman–Crippen MR) is 33.9 cm³/mol. The second-order valence-corrected chi connectivity index (χ2v) is 7.17. The summed E-state index contributed by atoms with van der Waals surface area (Å²) >= 11 is 0. The van der Waals surface area contributed by atoms with Gasteiger partial charge in [-0.3, -0.25) is 0 Å². The first-order valence-electron chi connectivity index (χ1n) is 2.34. The van der Waals surface area contributed by atoms with Crippen molar-refractivity contribution in [3.05, 3.63) is 4.91 Å². The standard InChI is InChI=1S/5CN.Fe.NO.4Na/c5*1-2;;1-2;;;;/q;;;;;-3;-1;4*+1. The molecule has 0 aromatic heterocycles. The molecule has 0 aliphatic rings. The van der Waals surface area contributed by atoms with E-state index >= 15 is 0 Å². The largest absolute Gasteiger partial charge is 1.00 e. The van der Waals surface area contributed by atoms with Gasteiger partial charge < -0.3 is 0 Å². The Balaban J connectivity index is -0.000000120. The van der Waals surface area contributed by atoms with Crippen molar-refractivity contribution in [2.45, 2.75) is 0 Å². The monoisotopic (exact) mass is 308 g/mol. The van der Waals surface area contributed by atoms with Gasteiger partial charge in [-0.25, -0.2) is 0 Å². The van der Waals surface area contributed by atoms with E-state index in [9.17, 15) is 4.91 Å². The Morgan fingerprint density at radius 1 is 0.647 bits per heavy atom. The Labute approximate surface area is 185 Å². The van der Waals surface area contributed by atoms with Crippen LogP contribution in [-0.4, -0.2) is 0 Å². The molecule has 0 N–H and O–H groups in total. The molecule has 12 heteroatoms. The quantitative estimate of drug-likeness (QED) is 0.347. The Bertz CT molecular complexity index is 406. The predicted octanol–water partition coefficient (Wildman–Crippen LogP) is -11.7. The molecule has 0 spiro atoms. The van der Waals surface area contributed by atoms with E-state index < -0.39 is 11.0 Å². The zero-order valence-electron chi connectivity index (χ0n) is 9.95.